The van der Waals surface area contributed by atoms with Gasteiger partial charge in [0.25, 0.3) is 5.91 Å². The minimum atomic E-state index is -0.820. The molecule has 0 saturated carbocycles. The van der Waals surface area contributed by atoms with E-state index in [1.165, 1.54) is 6.21 Å². The highest BCUT2D eigenvalue weighted by Gasteiger charge is 2.11. The van der Waals surface area contributed by atoms with E-state index in [4.69, 9.17) is 4.74 Å². The van der Waals surface area contributed by atoms with Crippen LogP contribution in [0.1, 0.15) is 30.9 Å². The molecule has 2 aromatic rings. The van der Waals surface area contributed by atoms with Crippen molar-refractivity contribution in [2.24, 2.45) is 5.10 Å². The van der Waals surface area contributed by atoms with Gasteiger partial charge >= 0.3 is 11.8 Å². The van der Waals surface area contributed by atoms with E-state index in [-0.39, 0.29) is 12.5 Å². The standard InChI is InChI=1S/C22H25BrN4O4/c1-3-4-11-24-21(29)22(30)27-25-13-16-5-8-18(9-6-16)31-14-20(28)26-17-7-10-19(23)15(2)12-17/h5-10,12-13H,3-4,11,14H2,1-2H3,(H,24,29)(H,26,28)(H,27,30)/b25-13-. The molecule has 0 saturated heterocycles. The lowest BCUT2D eigenvalue weighted by atomic mass is 10.2. The minimum Gasteiger partial charge on any atom is -0.484 e. The van der Waals surface area contributed by atoms with Gasteiger partial charge in [0.05, 0.1) is 6.21 Å². The van der Waals surface area contributed by atoms with Crippen molar-refractivity contribution in [2.75, 3.05) is 18.5 Å². The molecule has 9 heteroatoms. The summed E-state index contributed by atoms with van der Waals surface area (Å²) in [4.78, 5) is 35.2. The minimum absolute atomic E-state index is 0.133. The molecule has 0 radical (unpaired) electrons. The number of hydrazone groups is 1. The molecular weight excluding hydrogens is 464 g/mol. The first kappa shape index (κ1) is 24.1. The number of hydrogen-bond acceptors (Lipinski definition) is 5. The van der Waals surface area contributed by atoms with E-state index in [0.717, 1.165) is 22.9 Å². The lowest BCUT2D eigenvalue weighted by molar-refractivity contribution is -0.139. The van der Waals surface area contributed by atoms with Crippen LogP contribution in [-0.2, 0) is 14.4 Å². The van der Waals surface area contributed by atoms with Gasteiger partial charge in [-0.15, -0.1) is 0 Å². The molecule has 0 aromatic heterocycles. The summed E-state index contributed by atoms with van der Waals surface area (Å²) in [5.74, 6) is -1.30. The third-order valence-electron chi connectivity index (χ3n) is 4.09. The molecule has 0 fully saturated rings. The van der Waals surface area contributed by atoms with Crippen molar-refractivity contribution in [1.29, 1.82) is 0 Å². The van der Waals surface area contributed by atoms with Crippen LogP contribution in [0.2, 0.25) is 0 Å². The topological polar surface area (TPSA) is 109 Å². The Morgan fingerprint density at radius 2 is 1.84 bits per heavy atom. The van der Waals surface area contributed by atoms with E-state index in [1.807, 2.05) is 26.0 Å². The fourth-order valence-electron chi connectivity index (χ4n) is 2.39. The summed E-state index contributed by atoms with van der Waals surface area (Å²) in [6.07, 6.45) is 3.14. The summed E-state index contributed by atoms with van der Waals surface area (Å²) < 4.78 is 6.45. The van der Waals surface area contributed by atoms with Crippen LogP contribution in [0.4, 0.5) is 5.69 Å². The zero-order chi connectivity index (χ0) is 22.6. The highest BCUT2D eigenvalue weighted by atomic mass is 79.9. The van der Waals surface area contributed by atoms with E-state index in [1.54, 1.807) is 30.3 Å². The summed E-state index contributed by atoms with van der Waals surface area (Å²) >= 11 is 3.42. The average Bonchev–Trinajstić information content (AvgIpc) is 2.75. The average molecular weight is 489 g/mol. The molecule has 2 rings (SSSR count). The molecule has 0 aliphatic carbocycles. The predicted molar refractivity (Wildman–Crippen MR) is 123 cm³/mol. The van der Waals surface area contributed by atoms with E-state index >= 15 is 0 Å². The lowest BCUT2D eigenvalue weighted by Crippen LogP contribution is -2.38. The first-order valence-corrected chi connectivity index (χ1v) is 10.6. The van der Waals surface area contributed by atoms with Crippen molar-refractivity contribution in [2.45, 2.75) is 26.7 Å². The van der Waals surface area contributed by atoms with E-state index in [2.05, 4.69) is 37.1 Å². The Morgan fingerprint density at radius 3 is 2.52 bits per heavy atom. The van der Waals surface area contributed by atoms with Crippen LogP contribution in [0.15, 0.2) is 52.0 Å². The lowest BCUT2D eigenvalue weighted by Gasteiger charge is -2.09. The molecule has 0 aliphatic heterocycles. The first-order valence-electron chi connectivity index (χ1n) is 9.79. The molecule has 0 bridgehead atoms. The fourth-order valence-corrected chi connectivity index (χ4v) is 2.64. The van der Waals surface area contributed by atoms with Gasteiger partial charge in [-0.25, -0.2) is 5.43 Å². The summed E-state index contributed by atoms with van der Waals surface area (Å²) in [5.41, 5.74) is 4.58. The van der Waals surface area contributed by atoms with Crippen LogP contribution < -0.4 is 20.8 Å². The summed E-state index contributed by atoms with van der Waals surface area (Å²) in [5, 5.41) is 9.04. The maximum Gasteiger partial charge on any atom is 0.329 e. The number of unbranched alkanes of at least 4 members (excludes halogenated alkanes) is 1. The zero-order valence-corrected chi connectivity index (χ0v) is 19.0. The molecule has 164 valence electrons. The summed E-state index contributed by atoms with van der Waals surface area (Å²) in [7, 11) is 0. The monoisotopic (exact) mass is 488 g/mol. The molecule has 0 aliphatic rings. The number of aryl methyl sites for hydroxylation is 1. The van der Waals surface area contributed by atoms with Gasteiger partial charge in [-0.2, -0.15) is 5.10 Å². The second-order valence-corrected chi connectivity index (χ2v) is 7.53. The summed E-state index contributed by atoms with van der Waals surface area (Å²) in [6, 6.07) is 12.3. The normalized spacial score (nSPS) is 10.5. The predicted octanol–water partition coefficient (Wildman–Crippen LogP) is 3.14. The van der Waals surface area contributed by atoms with Crippen LogP contribution >= 0.6 is 15.9 Å². The maximum absolute atomic E-state index is 12.1. The highest BCUT2D eigenvalue weighted by Crippen LogP contribution is 2.20. The third kappa shape index (κ3) is 8.59. The van der Waals surface area contributed by atoms with Gasteiger partial charge in [0.1, 0.15) is 5.75 Å². The molecule has 3 amide bonds. The van der Waals surface area contributed by atoms with Gasteiger partial charge in [0.2, 0.25) is 0 Å². The number of ether oxygens (including phenoxy) is 1. The Balaban J connectivity index is 1.76. The number of benzene rings is 2. The van der Waals surface area contributed by atoms with Gasteiger partial charge in [-0.05, 0) is 66.9 Å². The number of nitrogens with zero attached hydrogens (tertiary/aromatic N) is 1. The summed E-state index contributed by atoms with van der Waals surface area (Å²) in [6.45, 7) is 4.25. The fraction of sp³-hybridized carbons (Fsp3) is 0.273. The SMILES string of the molecule is CCCCNC(=O)C(=O)N/N=C\c1ccc(OCC(=O)Nc2ccc(Br)c(C)c2)cc1. The van der Waals surface area contributed by atoms with Crippen LogP contribution in [0.3, 0.4) is 0 Å². The van der Waals surface area contributed by atoms with E-state index in [0.29, 0.717) is 23.5 Å². The number of nitrogens with one attached hydrogen (secondary N) is 3. The van der Waals surface area contributed by atoms with Crippen LogP contribution in [0.5, 0.6) is 5.75 Å². The molecule has 2 aromatic carbocycles. The largest absolute Gasteiger partial charge is 0.484 e. The second-order valence-electron chi connectivity index (χ2n) is 6.68. The Bertz CT molecular complexity index is 945. The Labute approximate surface area is 189 Å². The van der Waals surface area contributed by atoms with Gasteiger partial charge in [-0.1, -0.05) is 29.3 Å². The van der Waals surface area contributed by atoms with Crippen molar-refractivity contribution in [3.8, 4) is 5.75 Å². The molecule has 0 unspecified atom stereocenters. The molecular formula is C22H25BrN4O4. The number of hydrogen-bond donors (Lipinski definition) is 3. The quantitative estimate of drug-likeness (QED) is 0.218. The van der Waals surface area contributed by atoms with Gasteiger partial charge < -0.3 is 15.4 Å². The Kier molecular flexibility index (Phi) is 9.70. The van der Waals surface area contributed by atoms with Crippen molar-refractivity contribution in [3.63, 3.8) is 0 Å². The molecule has 8 nitrogen and oxygen atoms in total. The molecule has 0 atom stereocenters. The Hall–Kier alpha value is -3.20. The van der Waals surface area contributed by atoms with Crippen molar-refractivity contribution >= 4 is 45.6 Å². The molecule has 3 N–H and O–H groups in total. The van der Waals surface area contributed by atoms with Crippen molar-refractivity contribution in [1.82, 2.24) is 10.7 Å². The van der Waals surface area contributed by atoms with Crippen molar-refractivity contribution < 1.29 is 19.1 Å². The number of anilines is 1. The van der Waals surface area contributed by atoms with Crippen LogP contribution in [0.25, 0.3) is 0 Å². The number of carbonyl (C=O) groups excluding carboxylic acids is 3. The van der Waals surface area contributed by atoms with Gasteiger partial charge in [-0.3, -0.25) is 14.4 Å². The number of carbonyl (C=O) groups is 3. The van der Waals surface area contributed by atoms with Crippen LogP contribution in [0, 0.1) is 6.92 Å². The Morgan fingerprint density at radius 1 is 1.10 bits per heavy atom. The molecule has 31 heavy (non-hydrogen) atoms. The highest BCUT2D eigenvalue weighted by molar-refractivity contribution is 9.10. The van der Waals surface area contributed by atoms with Gasteiger partial charge in [0.15, 0.2) is 6.61 Å². The third-order valence-corrected chi connectivity index (χ3v) is 4.98. The number of rotatable bonds is 9. The first-order chi connectivity index (χ1) is 14.9. The smallest absolute Gasteiger partial charge is 0.329 e. The van der Waals surface area contributed by atoms with E-state index in [9.17, 15) is 14.4 Å². The van der Waals surface area contributed by atoms with Gasteiger partial charge in [0, 0.05) is 16.7 Å². The van der Waals surface area contributed by atoms with Crippen molar-refractivity contribution in [3.05, 3.63) is 58.1 Å². The van der Waals surface area contributed by atoms with E-state index < -0.39 is 11.8 Å². The maximum atomic E-state index is 12.1. The second kappa shape index (κ2) is 12.5. The molecule has 0 heterocycles. The zero-order valence-electron chi connectivity index (χ0n) is 17.4. The number of halogens is 1. The number of amides is 3. The van der Waals surface area contributed by atoms with Crippen LogP contribution in [-0.4, -0.2) is 37.1 Å². The molecule has 0 spiro atoms.